The van der Waals surface area contributed by atoms with Crippen LogP contribution in [0.15, 0.2) is 53.6 Å². The van der Waals surface area contributed by atoms with Crippen LogP contribution >= 0.6 is 0 Å². The Kier molecular flexibility index (Phi) is 3.75. The van der Waals surface area contributed by atoms with Crippen LogP contribution in [0.2, 0.25) is 0 Å². The van der Waals surface area contributed by atoms with E-state index in [1.54, 1.807) is 5.57 Å². The molecule has 2 nitrogen and oxygen atoms in total. The van der Waals surface area contributed by atoms with Gasteiger partial charge in [-0.1, -0.05) is 42.0 Å². The zero-order valence-corrected chi connectivity index (χ0v) is 12.3. The second-order valence-corrected chi connectivity index (χ2v) is 5.50. The van der Waals surface area contributed by atoms with Crippen LogP contribution in [0.3, 0.4) is 0 Å². The SMILES string of the molecule is CCN(CC(C)=C1CNC1)c1cccc2ccccc12. The van der Waals surface area contributed by atoms with Crippen LogP contribution in [0.25, 0.3) is 10.8 Å². The smallest absolute Gasteiger partial charge is 0.0448 e. The van der Waals surface area contributed by atoms with Gasteiger partial charge in [0, 0.05) is 37.3 Å². The second-order valence-electron chi connectivity index (χ2n) is 5.50. The molecule has 1 N–H and O–H groups in total. The van der Waals surface area contributed by atoms with Crippen molar-refractivity contribution in [2.24, 2.45) is 0 Å². The molecule has 0 unspecified atom stereocenters. The molecule has 0 atom stereocenters. The topological polar surface area (TPSA) is 15.3 Å². The number of benzene rings is 2. The first-order chi connectivity index (χ1) is 9.79. The highest BCUT2D eigenvalue weighted by Gasteiger charge is 2.14. The van der Waals surface area contributed by atoms with Gasteiger partial charge in [0.25, 0.3) is 0 Å². The highest BCUT2D eigenvalue weighted by molar-refractivity contribution is 5.94. The monoisotopic (exact) mass is 266 g/mol. The third kappa shape index (κ3) is 2.44. The van der Waals surface area contributed by atoms with Gasteiger partial charge in [0.05, 0.1) is 0 Å². The van der Waals surface area contributed by atoms with Crippen LogP contribution in [0.4, 0.5) is 5.69 Å². The molecule has 104 valence electrons. The molecular weight excluding hydrogens is 244 g/mol. The Morgan fingerprint density at radius 2 is 1.85 bits per heavy atom. The van der Waals surface area contributed by atoms with Gasteiger partial charge in [-0.2, -0.15) is 0 Å². The minimum atomic E-state index is 1.03. The molecule has 2 aromatic rings. The van der Waals surface area contributed by atoms with Crippen molar-refractivity contribution >= 4 is 16.5 Å². The molecule has 20 heavy (non-hydrogen) atoms. The fraction of sp³-hybridized carbons (Fsp3) is 0.333. The summed E-state index contributed by atoms with van der Waals surface area (Å²) < 4.78 is 0. The van der Waals surface area contributed by atoms with Crippen molar-refractivity contribution in [3.63, 3.8) is 0 Å². The molecule has 1 aliphatic heterocycles. The Bertz CT molecular complexity index is 631. The lowest BCUT2D eigenvalue weighted by Crippen LogP contribution is -2.37. The first-order valence-corrected chi connectivity index (χ1v) is 7.40. The van der Waals surface area contributed by atoms with Crippen LogP contribution in [-0.2, 0) is 0 Å². The molecule has 3 rings (SSSR count). The largest absolute Gasteiger partial charge is 0.367 e. The normalized spacial score (nSPS) is 14.2. The predicted molar refractivity (Wildman–Crippen MR) is 87.4 cm³/mol. The van der Waals surface area contributed by atoms with E-state index < -0.39 is 0 Å². The summed E-state index contributed by atoms with van der Waals surface area (Å²) in [5, 5.41) is 5.99. The van der Waals surface area contributed by atoms with Crippen LogP contribution in [0.5, 0.6) is 0 Å². The number of rotatable bonds is 4. The summed E-state index contributed by atoms with van der Waals surface area (Å²) >= 11 is 0. The first-order valence-electron chi connectivity index (χ1n) is 7.40. The van der Waals surface area contributed by atoms with E-state index in [4.69, 9.17) is 0 Å². The lowest BCUT2D eigenvalue weighted by Gasteiger charge is -2.29. The molecule has 2 aromatic carbocycles. The molecule has 1 heterocycles. The van der Waals surface area contributed by atoms with E-state index >= 15 is 0 Å². The molecule has 2 heteroatoms. The average Bonchev–Trinajstić information content (AvgIpc) is 2.42. The summed E-state index contributed by atoms with van der Waals surface area (Å²) in [4.78, 5) is 2.48. The number of hydrogen-bond acceptors (Lipinski definition) is 2. The molecule has 0 radical (unpaired) electrons. The fourth-order valence-corrected chi connectivity index (χ4v) is 2.80. The number of likely N-dealkylation sites (N-methyl/N-ethyl adjacent to an activating group) is 1. The number of fused-ring (bicyclic) bond motifs is 1. The van der Waals surface area contributed by atoms with Gasteiger partial charge in [-0.3, -0.25) is 0 Å². The third-order valence-electron chi connectivity index (χ3n) is 4.20. The molecule has 1 saturated heterocycles. The van der Waals surface area contributed by atoms with Crippen LogP contribution in [0.1, 0.15) is 13.8 Å². The van der Waals surface area contributed by atoms with Crippen molar-refractivity contribution in [2.45, 2.75) is 13.8 Å². The van der Waals surface area contributed by atoms with E-state index in [0.29, 0.717) is 0 Å². The maximum absolute atomic E-state index is 3.33. The highest BCUT2D eigenvalue weighted by Crippen LogP contribution is 2.27. The van der Waals surface area contributed by atoms with E-state index in [1.807, 2.05) is 0 Å². The Morgan fingerprint density at radius 1 is 1.10 bits per heavy atom. The van der Waals surface area contributed by atoms with Crippen LogP contribution < -0.4 is 10.2 Å². The van der Waals surface area contributed by atoms with Crippen molar-refractivity contribution in [2.75, 3.05) is 31.1 Å². The molecule has 1 aliphatic rings. The van der Waals surface area contributed by atoms with Gasteiger partial charge in [-0.15, -0.1) is 0 Å². The number of hydrogen-bond donors (Lipinski definition) is 1. The van der Waals surface area contributed by atoms with E-state index in [-0.39, 0.29) is 0 Å². The quantitative estimate of drug-likeness (QED) is 0.851. The summed E-state index contributed by atoms with van der Waals surface area (Å²) in [5.74, 6) is 0. The van der Waals surface area contributed by atoms with E-state index in [1.165, 1.54) is 22.0 Å². The van der Waals surface area contributed by atoms with Gasteiger partial charge in [-0.25, -0.2) is 0 Å². The Morgan fingerprint density at radius 3 is 2.55 bits per heavy atom. The lowest BCUT2D eigenvalue weighted by molar-refractivity contribution is 0.652. The molecule has 0 spiro atoms. The molecular formula is C18H22N2. The highest BCUT2D eigenvalue weighted by atomic mass is 15.1. The standard InChI is InChI=1S/C18H22N2/c1-3-20(13-14(2)16-11-19-12-16)18-10-6-8-15-7-4-5-9-17(15)18/h4-10,19H,3,11-13H2,1-2H3. The minimum absolute atomic E-state index is 1.03. The van der Waals surface area contributed by atoms with Crippen molar-refractivity contribution in [3.8, 4) is 0 Å². The van der Waals surface area contributed by atoms with Crippen molar-refractivity contribution < 1.29 is 0 Å². The lowest BCUT2D eigenvalue weighted by atomic mass is 10.0. The number of anilines is 1. The van der Waals surface area contributed by atoms with Gasteiger partial charge < -0.3 is 10.2 Å². The van der Waals surface area contributed by atoms with Gasteiger partial charge in [0.2, 0.25) is 0 Å². The van der Waals surface area contributed by atoms with Crippen molar-refractivity contribution in [1.29, 1.82) is 0 Å². The zero-order chi connectivity index (χ0) is 13.9. The molecule has 0 bridgehead atoms. The second kappa shape index (κ2) is 5.68. The van der Waals surface area contributed by atoms with Crippen molar-refractivity contribution in [3.05, 3.63) is 53.6 Å². The van der Waals surface area contributed by atoms with Gasteiger partial charge in [0.15, 0.2) is 0 Å². The number of nitrogens with one attached hydrogen (secondary N) is 1. The van der Waals surface area contributed by atoms with Crippen LogP contribution in [-0.4, -0.2) is 26.2 Å². The molecule has 0 aromatic heterocycles. The Hall–Kier alpha value is -1.80. The maximum atomic E-state index is 3.33. The predicted octanol–water partition coefficient (Wildman–Crippen LogP) is 3.59. The molecule has 0 saturated carbocycles. The summed E-state index contributed by atoms with van der Waals surface area (Å²) in [5.41, 5.74) is 4.43. The van der Waals surface area contributed by atoms with E-state index in [2.05, 4.69) is 66.5 Å². The fourth-order valence-electron chi connectivity index (χ4n) is 2.80. The van der Waals surface area contributed by atoms with Gasteiger partial charge in [-0.05, 0) is 30.9 Å². The number of nitrogens with zero attached hydrogens (tertiary/aromatic N) is 1. The third-order valence-corrected chi connectivity index (χ3v) is 4.20. The average molecular weight is 266 g/mol. The zero-order valence-electron chi connectivity index (χ0n) is 12.3. The molecule has 0 aliphatic carbocycles. The van der Waals surface area contributed by atoms with Gasteiger partial charge in [0.1, 0.15) is 0 Å². The molecule has 0 amide bonds. The Balaban J connectivity index is 1.95. The summed E-state index contributed by atoms with van der Waals surface area (Å²) in [7, 11) is 0. The Labute approximate surface area is 121 Å². The van der Waals surface area contributed by atoms with E-state index in [9.17, 15) is 0 Å². The van der Waals surface area contributed by atoms with Crippen LogP contribution in [0, 0.1) is 0 Å². The van der Waals surface area contributed by atoms with Crippen molar-refractivity contribution in [1.82, 2.24) is 5.32 Å². The maximum Gasteiger partial charge on any atom is 0.0448 e. The minimum Gasteiger partial charge on any atom is -0.367 e. The first kappa shape index (κ1) is 13.2. The van der Waals surface area contributed by atoms with E-state index in [0.717, 1.165) is 26.2 Å². The summed E-state index contributed by atoms with van der Waals surface area (Å²) in [6.45, 7) is 8.70. The summed E-state index contributed by atoms with van der Waals surface area (Å²) in [6.07, 6.45) is 0. The van der Waals surface area contributed by atoms with Gasteiger partial charge >= 0.3 is 0 Å². The summed E-state index contributed by atoms with van der Waals surface area (Å²) in [6, 6.07) is 15.2. The molecule has 1 fully saturated rings.